The Balaban J connectivity index is 2.67. The van der Waals surface area contributed by atoms with Gasteiger partial charge in [0, 0.05) is 6.54 Å². The minimum Gasteiger partial charge on any atom is -0.299 e. The van der Waals surface area contributed by atoms with Gasteiger partial charge >= 0.3 is 0 Å². The number of nitrogens with zero attached hydrogens (tertiary/aromatic N) is 1. The highest BCUT2D eigenvalue weighted by Gasteiger charge is 2.15. The molecule has 1 aromatic carbocycles. The molecule has 1 rings (SSSR count). The van der Waals surface area contributed by atoms with Crippen LogP contribution in [-0.4, -0.2) is 30.8 Å². The first kappa shape index (κ1) is 14.8. The van der Waals surface area contributed by atoms with Crippen molar-refractivity contribution in [2.45, 2.75) is 20.3 Å². The summed E-state index contributed by atoms with van der Waals surface area (Å²) in [6.07, 6.45) is 1.02. The van der Waals surface area contributed by atoms with E-state index in [4.69, 9.17) is 0 Å². The van der Waals surface area contributed by atoms with Gasteiger partial charge in [-0.05, 0) is 31.2 Å². The smallest absolute Gasteiger partial charge is 0.179 e. The molecule has 0 saturated heterocycles. The number of benzene rings is 1. The maximum atomic E-state index is 13.4. The van der Waals surface area contributed by atoms with Crippen molar-refractivity contribution in [1.29, 1.82) is 0 Å². The summed E-state index contributed by atoms with van der Waals surface area (Å²) in [5, 5.41) is 0. The van der Waals surface area contributed by atoms with Crippen LogP contribution in [0, 0.1) is 17.6 Å². The summed E-state index contributed by atoms with van der Waals surface area (Å²) < 4.78 is 26.4. The summed E-state index contributed by atoms with van der Waals surface area (Å²) in [7, 11) is 1.81. The van der Waals surface area contributed by atoms with Crippen LogP contribution in [0.15, 0.2) is 18.2 Å². The van der Waals surface area contributed by atoms with Gasteiger partial charge in [0.1, 0.15) is 11.6 Å². The van der Waals surface area contributed by atoms with Crippen molar-refractivity contribution in [3.63, 3.8) is 0 Å². The number of hydrogen-bond acceptors (Lipinski definition) is 2. The second kappa shape index (κ2) is 6.59. The summed E-state index contributed by atoms with van der Waals surface area (Å²) >= 11 is 0. The zero-order valence-corrected chi connectivity index (χ0v) is 11.0. The van der Waals surface area contributed by atoms with Gasteiger partial charge in [0.2, 0.25) is 0 Å². The number of rotatable bonds is 6. The minimum absolute atomic E-state index is 0.102. The topological polar surface area (TPSA) is 20.3 Å². The van der Waals surface area contributed by atoms with E-state index in [2.05, 4.69) is 13.8 Å². The summed E-state index contributed by atoms with van der Waals surface area (Å²) in [4.78, 5) is 13.7. The van der Waals surface area contributed by atoms with Gasteiger partial charge in [0.15, 0.2) is 5.78 Å². The molecule has 0 spiro atoms. The molecule has 0 fully saturated rings. The van der Waals surface area contributed by atoms with E-state index in [0.29, 0.717) is 5.92 Å². The van der Waals surface area contributed by atoms with Crippen LogP contribution >= 0.6 is 0 Å². The molecule has 0 bridgehead atoms. The monoisotopic (exact) mass is 255 g/mol. The zero-order valence-electron chi connectivity index (χ0n) is 11.0. The van der Waals surface area contributed by atoms with E-state index in [1.54, 1.807) is 7.05 Å². The average molecular weight is 255 g/mol. The van der Waals surface area contributed by atoms with Crippen LogP contribution in [0.2, 0.25) is 0 Å². The van der Waals surface area contributed by atoms with Crippen molar-refractivity contribution in [1.82, 2.24) is 4.90 Å². The number of halogens is 2. The molecule has 100 valence electrons. The van der Waals surface area contributed by atoms with Gasteiger partial charge in [-0.1, -0.05) is 20.3 Å². The van der Waals surface area contributed by atoms with E-state index in [0.717, 1.165) is 31.2 Å². The van der Waals surface area contributed by atoms with Crippen LogP contribution in [0.4, 0.5) is 8.78 Å². The number of ketones is 1. The fourth-order valence-electron chi connectivity index (χ4n) is 1.77. The number of carbonyl (C=O) groups excluding carboxylic acids is 1. The molecule has 0 aliphatic heterocycles. The van der Waals surface area contributed by atoms with Crippen LogP contribution in [0.25, 0.3) is 0 Å². The van der Waals surface area contributed by atoms with Crippen LogP contribution in [-0.2, 0) is 0 Å². The van der Waals surface area contributed by atoms with Crippen LogP contribution in [0.3, 0.4) is 0 Å². The lowest BCUT2D eigenvalue weighted by atomic mass is 10.1. The van der Waals surface area contributed by atoms with Crippen LogP contribution in [0.1, 0.15) is 30.6 Å². The Bertz CT molecular complexity index is 420. The summed E-state index contributed by atoms with van der Waals surface area (Å²) in [5.74, 6) is -1.18. The van der Waals surface area contributed by atoms with Crippen molar-refractivity contribution in [3.8, 4) is 0 Å². The van der Waals surface area contributed by atoms with Gasteiger partial charge in [0.25, 0.3) is 0 Å². The summed E-state index contributed by atoms with van der Waals surface area (Å²) in [6.45, 7) is 5.03. The van der Waals surface area contributed by atoms with Gasteiger partial charge in [-0.25, -0.2) is 8.78 Å². The maximum absolute atomic E-state index is 13.4. The molecule has 1 atom stereocenters. The van der Waals surface area contributed by atoms with Crippen molar-refractivity contribution in [3.05, 3.63) is 35.4 Å². The largest absolute Gasteiger partial charge is 0.299 e. The Morgan fingerprint density at radius 1 is 1.39 bits per heavy atom. The molecule has 1 aromatic rings. The normalized spacial score (nSPS) is 12.8. The first-order chi connectivity index (χ1) is 8.43. The molecule has 0 aromatic heterocycles. The van der Waals surface area contributed by atoms with Crippen molar-refractivity contribution in [2.24, 2.45) is 5.92 Å². The Labute approximate surface area is 107 Å². The quantitative estimate of drug-likeness (QED) is 0.728. The fourth-order valence-corrected chi connectivity index (χ4v) is 1.77. The maximum Gasteiger partial charge on any atom is 0.179 e. The van der Waals surface area contributed by atoms with E-state index in [-0.39, 0.29) is 12.1 Å². The Hall–Kier alpha value is -1.29. The number of carbonyl (C=O) groups is 1. The predicted octanol–water partition coefficient (Wildman–Crippen LogP) is 3.13. The van der Waals surface area contributed by atoms with Gasteiger partial charge < -0.3 is 0 Å². The van der Waals surface area contributed by atoms with Gasteiger partial charge in [0.05, 0.1) is 12.1 Å². The lowest BCUT2D eigenvalue weighted by Crippen LogP contribution is -2.30. The SMILES string of the molecule is CCC(C)CN(C)CC(=O)c1cc(F)ccc1F. The Kier molecular flexibility index (Phi) is 5.41. The number of hydrogen-bond donors (Lipinski definition) is 0. The lowest BCUT2D eigenvalue weighted by Gasteiger charge is -2.19. The second-order valence-electron chi connectivity index (χ2n) is 4.76. The third kappa shape index (κ3) is 4.18. The molecule has 0 amide bonds. The molecule has 0 aliphatic carbocycles. The number of likely N-dealkylation sites (N-methyl/N-ethyl adjacent to an activating group) is 1. The van der Waals surface area contributed by atoms with Crippen LogP contribution < -0.4 is 0 Å². The van der Waals surface area contributed by atoms with Crippen molar-refractivity contribution in [2.75, 3.05) is 20.1 Å². The molecule has 0 saturated carbocycles. The molecular weight excluding hydrogens is 236 g/mol. The Morgan fingerprint density at radius 3 is 2.67 bits per heavy atom. The summed E-state index contributed by atoms with van der Waals surface area (Å²) in [6, 6.07) is 2.95. The van der Waals surface area contributed by atoms with Gasteiger partial charge in [-0.15, -0.1) is 0 Å². The molecule has 0 radical (unpaired) electrons. The molecule has 0 aliphatic rings. The predicted molar refractivity (Wildman–Crippen MR) is 67.6 cm³/mol. The third-order valence-electron chi connectivity index (χ3n) is 2.96. The molecule has 4 heteroatoms. The molecule has 2 nitrogen and oxygen atoms in total. The summed E-state index contributed by atoms with van der Waals surface area (Å²) in [5.41, 5.74) is -0.175. The highest BCUT2D eigenvalue weighted by Crippen LogP contribution is 2.11. The second-order valence-corrected chi connectivity index (χ2v) is 4.76. The average Bonchev–Trinajstić information content (AvgIpc) is 2.31. The van der Waals surface area contributed by atoms with E-state index < -0.39 is 17.4 Å². The lowest BCUT2D eigenvalue weighted by molar-refractivity contribution is 0.0934. The standard InChI is InChI=1S/C14H19F2NO/c1-4-10(2)8-17(3)9-14(18)12-7-11(15)5-6-13(12)16/h5-7,10H,4,8-9H2,1-3H3. The zero-order chi connectivity index (χ0) is 13.7. The first-order valence-electron chi connectivity index (χ1n) is 6.10. The van der Waals surface area contributed by atoms with Crippen LogP contribution in [0.5, 0.6) is 0 Å². The molecule has 18 heavy (non-hydrogen) atoms. The van der Waals surface area contributed by atoms with E-state index >= 15 is 0 Å². The molecule has 0 heterocycles. The minimum atomic E-state index is -0.668. The van der Waals surface area contributed by atoms with Gasteiger partial charge in [-0.2, -0.15) is 0 Å². The fraction of sp³-hybridized carbons (Fsp3) is 0.500. The van der Waals surface area contributed by atoms with E-state index in [1.165, 1.54) is 0 Å². The molecular formula is C14H19F2NO. The van der Waals surface area contributed by atoms with E-state index in [1.807, 2.05) is 4.90 Å². The Morgan fingerprint density at radius 2 is 2.06 bits per heavy atom. The van der Waals surface area contributed by atoms with Gasteiger partial charge in [-0.3, -0.25) is 9.69 Å². The molecule has 0 N–H and O–H groups in total. The number of Topliss-reactive ketones (excluding diaryl/α,β-unsaturated/α-hetero) is 1. The van der Waals surface area contributed by atoms with E-state index in [9.17, 15) is 13.6 Å². The molecule has 1 unspecified atom stereocenters. The third-order valence-corrected chi connectivity index (χ3v) is 2.96. The highest BCUT2D eigenvalue weighted by atomic mass is 19.1. The van der Waals surface area contributed by atoms with Crippen molar-refractivity contribution >= 4 is 5.78 Å². The highest BCUT2D eigenvalue weighted by molar-refractivity contribution is 5.97. The van der Waals surface area contributed by atoms with Crippen molar-refractivity contribution < 1.29 is 13.6 Å². The first-order valence-corrected chi connectivity index (χ1v) is 6.10.